The number of benzene rings is 3. The molecule has 0 unspecified atom stereocenters. The topological polar surface area (TPSA) is 96.0 Å². The van der Waals surface area contributed by atoms with E-state index in [0.29, 0.717) is 5.56 Å². The van der Waals surface area contributed by atoms with Crippen LogP contribution in [-0.2, 0) is 26.2 Å². The van der Waals surface area contributed by atoms with Gasteiger partial charge in [0.1, 0.15) is 24.2 Å². The highest BCUT2D eigenvalue weighted by atomic mass is 32.2. The van der Waals surface area contributed by atoms with Gasteiger partial charge in [0.15, 0.2) is 0 Å². The summed E-state index contributed by atoms with van der Waals surface area (Å²) in [5.74, 6) is -1.06. The van der Waals surface area contributed by atoms with Crippen LogP contribution < -0.4 is 14.4 Å². The van der Waals surface area contributed by atoms with Gasteiger partial charge < -0.3 is 15.0 Å². The maximum absolute atomic E-state index is 14.1. The first-order valence-electron chi connectivity index (χ1n) is 13.7. The van der Waals surface area contributed by atoms with Crippen LogP contribution in [0.1, 0.15) is 43.7 Å². The first-order valence-corrected chi connectivity index (χ1v) is 15.1. The summed E-state index contributed by atoms with van der Waals surface area (Å²) in [6, 6.07) is 17.7. The molecule has 10 heteroatoms. The number of carbonyl (C=O) groups is 2. The predicted octanol–water partition coefficient (Wildman–Crippen LogP) is 4.81. The number of nitrogens with zero attached hydrogens (tertiary/aromatic N) is 2. The Labute approximate surface area is 241 Å². The number of hydrogen-bond acceptors (Lipinski definition) is 5. The molecule has 0 radical (unpaired) electrons. The van der Waals surface area contributed by atoms with Crippen LogP contribution >= 0.6 is 0 Å². The largest absolute Gasteiger partial charge is 0.495 e. The number of aryl methyl sites for hydroxylation is 1. The van der Waals surface area contributed by atoms with E-state index < -0.39 is 34.3 Å². The van der Waals surface area contributed by atoms with Crippen LogP contribution in [0.15, 0.2) is 77.7 Å². The summed E-state index contributed by atoms with van der Waals surface area (Å²) in [4.78, 5) is 28.7. The molecule has 1 aliphatic carbocycles. The standard InChI is InChI=1S/C31H36FN3O5S/c1-22-13-18-29(40-3)28(19-22)35(41(38,39)27-11-5-4-6-12-27)21-30(36)34(20-24-14-16-25(32)17-15-24)23(2)31(37)33-26-9-7-8-10-26/h4-6,11-19,23,26H,7-10,20-21H2,1-3H3,(H,33,37)/t23-/m0/s1. The van der Waals surface area contributed by atoms with Gasteiger partial charge in [-0.1, -0.05) is 49.2 Å². The van der Waals surface area contributed by atoms with Crippen molar-refractivity contribution < 1.29 is 27.1 Å². The number of halogens is 1. The Balaban J connectivity index is 1.72. The van der Waals surface area contributed by atoms with E-state index >= 15 is 0 Å². The lowest BCUT2D eigenvalue weighted by Gasteiger charge is -2.33. The highest BCUT2D eigenvalue weighted by Crippen LogP contribution is 2.33. The lowest BCUT2D eigenvalue weighted by Crippen LogP contribution is -2.52. The number of ether oxygens (including phenoxy) is 1. The molecule has 0 bridgehead atoms. The SMILES string of the molecule is COc1ccc(C)cc1N(CC(=O)N(Cc1ccc(F)cc1)[C@@H](C)C(=O)NC1CCCC1)S(=O)(=O)c1ccccc1. The molecule has 8 nitrogen and oxygen atoms in total. The van der Waals surface area contributed by atoms with Crippen LogP contribution in [0.5, 0.6) is 5.75 Å². The molecule has 4 rings (SSSR count). The van der Waals surface area contributed by atoms with Crippen molar-refractivity contribution in [2.75, 3.05) is 18.0 Å². The molecule has 0 heterocycles. The van der Waals surface area contributed by atoms with Gasteiger partial charge in [-0.3, -0.25) is 13.9 Å². The molecule has 0 spiro atoms. The van der Waals surface area contributed by atoms with E-state index in [2.05, 4.69) is 5.32 Å². The van der Waals surface area contributed by atoms with Crippen molar-refractivity contribution in [1.82, 2.24) is 10.2 Å². The molecule has 3 aromatic rings. The lowest BCUT2D eigenvalue weighted by atomic mass is 10.1. The highest BCUT2D eigenvalue weighted by Gasteiger charge is 2.34. The van der Waals surface area contributed by atoms with Crippen molar-refractivity contribution in [3.63, 3.8) is 0 Å². The number of methoxy groups -OCH3 is 1. The molecule has 0 aliphatic heterocycles. The average Bonchev–Trinajstić information content (AvgIpc) is 3.48. The van der Waals surface area contributed by atoms with Crippen molar-refractivity contribution in [2.24, 2.45) is 0 Å². The molecule has 218 valence electrons. The zero-order chi connectivity index (χ0) is 29.6. The van der Waals surface area contributed by atoms with E-state index in [4.69, 9.17) is 4.74 Å². The first kappa shape index (κ1) is 30.0. The van der Waals surface area contributed by atoms with Crippen molar-refractivity contribution >= 4 is 27.5 Å². The van der Waals surface area contributed by atoms with Gasteiger partial charge in [0.25, 0.3) is 10.0 Å². The molecule has 3 aromatic carbocycles. The maximum atomic E-state index is 14.1. The van der Waals surface area contributed by atoms with Crippen LogP contribution in [-0.4, -0.2) is 50.9 Å². The minimum absolute atomic E-state index is 0.00784. The van der Waals surface area contributed by atoms with E-state index in [1.54, 1.807) is 55.5 Å². The minimum atomic E-state index is -4.22. The van der Waals surface area contributed by atoms with Gasteiger partial charge in [0.2, 0.25) is 11.8 Å². The first-order chi connectivity index (χ1) is 19.6. The lowest BCUT2D eigenvalue weighted by molar-refractivity contribution is -0.139. The number of nitrogens with one attached hydrogen (secondary N) is 1. The summed E-state index contributed by atoms with van der Waals surface area (Å²) in [5.41, 5.74) is 1.58. The third-order valence-corrected chi connectivity index (χ3v) is 9.12. The zero-order valence-corrected chi connectivity index (χ0v) is 24.4. The summed E-state index contributed by atoms with van der Waals surface area (Å²) < 4.78 is 48.1. The number of rotatable bonds is 11. The third kappa shape index (κ3) is 7.24. The van der Waals surface area contributed by atoms with E-state index in [-0.39, 0.29) is 34.8 Å². The molecule has 0 aromatic heterocycles. The quantitative estimate of drug-likeness (QED) is 0.351. The Hall–Kier alpha value is -3.92. The molecule has 1 N–H and O–H groups in total. The van der Waals surface area contributed by atoms with Crippen molar-refractivity contribution in [2.45, 2.75) is 63.1 Å². The van der Waals surface area contributed by atoms with E-state index in [1.165, 1.54) is 36.3 Å². The smallest absolute Gasteiger partial charge is 0.264 e. The highest BCUT2D eigenvalue weighted by molar-refractivity contribution is 7.92. The van der Waals surface area contributed by atoms with Crippen molar-refractivity contribution in [3.8, 4) is 5.75 Å². The van der Waals surface area contributed by atoms with E-state index in [1.807, 2.05) is 6.92 Å². The Morgan fingerprint density at radius 1 is 1.02 bits per heavy atom. The number of carbonyl (C=O) groups excluding carboxylic acids is 2. The van der Waals surface area contributed by atoms with Crippen LogP contribution in [0.3, 0.4) is 0 Å². The summed E-state index contributed by atoms with van der Waals surface area (Å²) in [5, 5.41) is 3.03. The summed E-state index contributed by atoms with van der Waals surface area (Å²) in [6.45, 7) is 2.84. The van der Waals surface area contributed by atoms with Gasteiger partial charge in [0.05, 0.1) is 17.7 Å². The fraction of sp³-hybridized carbons (Fsp3) is 0.355. The monoisotopic (exact) mass is 581 g/mol. The summed E-state index contributed by atoms with van der Waals surface area (Å²) in [7, 11) is -2.79. The van der Waals surface area contributed by atoms with Crippen LogP contribution in [0.2, 0.25) is 0 Å². The minimum Gasteiger partial charge on any atom is -0.495 e. The molecule has 1 saturated carbocycles. The Bertz CT molecular complexity index is 1460. The zero-order valence-electron chi connectivity index (χ0n) is 23.5. The van der Waals surface area contributed by atoms with Gasteiger partial charge in [-0.25, -0.2) is 12.8 Å². The molecule has 1 atom stereocenters. The molecular weight excluding hydrogens is 545 g/mol. The molecule has 1 fully saturated rings. The molecule has 0 saturated heterocycles. The predicted molar refractivity (Wildman–Crippen MR) is 156 cm³/mol. The second kappa shape index (κ2) is 13.2. The average molecular weight is 582 g/mol. The van der Waals surface area contributed by atoms with Crippen LogP contribution in [0.25, 0.3) is 0 Å². The normalized spacial score (nSPS) is 14.3. The van der Waals surface area contributed by atoms with Crippen molar-refractivity contribution in [1.29, 1.82) is 0 Å². The third-order valence-electron chi connectivity index (χ3n) is 7.35. The number of sulfonamides is 1. The number of anilines is 1. The Kier molecular flexibility index (Phi) is 9.65. The van der Waals surface area contributed by atoms with Gasteiger partial charge in [-0.15, -0.1) is 0 Å². The van der Waals surface area contributed by atoms with Crippen molar-refractivity contribution in [3.05, 3.63) is 89.7 Å². The Morgan fingerprint density at radius 3 is 2.32 bits per heavy atom. The van der Waals surface area contributed by atoms with Gasteiger partial charge in [0, 0.05) is 12.6 Å². The second-order valence-electron chi connectivity index (χ2n) is 10.3. The van der Waals surface area contributed by atoms with Crippen LogP contribution in [0, 0.1) is 12.7 Å². The fourth-order valence-corrected chi connectivity index (χ4v) is 6.43. The summed E-state index contributed by atoms with van der Waals surface area (Å²) >= 11 is 0. The Morgan fingerprint density at radius 2 is 1.68 bits per heavy atom. The molecule has 2 amide bonds. The molecule has 1 aliphatic rings. The van der Waals surface area contributed by atoms with Gasteiger partial charge in [-0.2, -0.15) is 0 Å². The maximum Gasteiger partial charge on any atom is 0.264 e. The fourth-order valence-electron chi connectivity index (χ4n) is 4.99. The second-order valence-corrected chi connectivity index (χ2v) is 12.2. The number of amides is 2. The van der Waals surface area contributed by atoms with E-state index in [0.717, 1.165) is 35.6 Å². The van der Waals surface area contributed by atoms with Gasteiger partial charge in [-0.05, 0) is 74.2 Å². The van der Waals surface area contributed by atoms with Crippen LogP contribution in [0.4, 0.5) is 10.1 Å². The number of hydrogen-bond donors (Lipinski definition) is 1. The van der Waals surface area contributed by atoms with Gasteiger partial charge >= 0.3 is 0 Å². The molecular formula is C31H36FN3O5S. The van der Waals surface area contributed by atoms with E-state index in [9.17, 15) is 22.4 Å². The molecule has 41 heavy (non-hydrogen) atoms. The summed E-state index contributed by atoms with van der Waals surface area (Å²) in [6.07, 6.45) is 3.81.